The Labute approximate surface area is 99.2 Å². The number of nitrogens with two attached hydrogens (primary N) is 1. The van der Waals surface area contributed by atoms with Gasteiger partial charge >= 0.3 is 0 Å². The van der Waals surface area contributed by atoms with Gasteiger partial charge in [-0.3, -0.25) is 0 Å². The third-order valence-corrected chi connectivity index (χ3v) is 3.29. The summed E-state index contributed by atoms with van der Waals surface area (Å²) in [7, 11) is 0. The first-order valence-corrected chi connectivity index (χ1v) is 5.96. The molecular weight excluding hydrogens is 196 g/mol. The Bertz CT molecular complexity index is 341. The lowest BCUT2D eigenvalue weighted by Gasteiger charge is -2.16. The molecule has 1 atom stereocenters. The molecule has 3 N–H and O–H groups in total. The van der Waals surface area contributed by atoms with Crippen molar-refractivity contribution >= 4 is 0 Å². The Morgan fingerprint density at radius 3 is 2.06 bits per heavy atom. The average Bonchev–Trinajstić information content (AvgIpc) is 2.20. The van der Waals surface area contributed by atoms with Gasteiger partial charge in [0.2, 0.25) is 0 Å². The highest BCUT2D eigenvalue weighted by Crippen LogP contribution is 2.21. The van der Waals surface area contributed by atoms with Crippen LogP contribution in [-0.4, -0.2) is 12.6 Å². The minimum Gasteiger partial charge on any atom is -0.327 e. The van der Waals surface area contributed by atoms with E-state index in [-0.39, 0.29) is 6.04 Å². The molecule has 1 rings (SSSR count). The molecule has 0 aromatic heterocycles. The van der Waals surface area contributed by atoms with Gasteiger partial charge in [-0.2, -0.15) is 0 Å². The van der Waals surface area contributed by atoms with Crippen LogP contribution in [0.2, 0.25) is 0 Å². The van der Waals surface area contributed by atoms with E-state index in [1.807, 2.05) is 6.92 Å². The number of benzene rings is 1. The van der Waals surface area contributed by atoms with E-state index >= 15 is 0 Å². The Kier molecular flexibility index (Phi) is 4.51. The van der Waals surface area contributed by atoms with Crippen LogP contribution in [0.15, 0.2) is 6.07 Å². The molecule has 90 valence electrons. The Hall–Kier alpha value is -0.860. The van der Waals surface area contributed by atoms with E-state index < -0.39 is 0 Å². The van der Waals surface area contributed by atoms with Crippen molar-refractivity contribution in [3.63, 3.8) is 0 Å². The van der Waals surface area contributed by atoms with Crippen molar-refractivity contribution in [3.8, 4) is 0 Å². The SMILES string of the molecule is Cc1cc(C)c(C)c(CNCC(C)N)c1C. The molecule has 2 nitrogen and oxygen atoms in total. The van der Waals surface area contributed by atoms with E-state index in [2.05, 4.69) is 39.1 Å². The average molecular weight is 220 g/mol. The smallest absolute Gasteiger partial charge is 0.0211 e. The monoisotopic (exact) mass is 220 g/mol. The zero-order valence-corrected chi connectivity index (χ0v) is 11.1. The molecule has 0 heterocycles. The van der Waals surface area contributed by atoms with Crippen LogP contribution in [0.25, 0.3) is 0 Å². The molecule has 0 fully saturated rings. The van der Waals surface area contributed by atoms with Crippen LogP contribution in [0.5, 0.6) is 0 Å². The lowest BCUT2D eigenvalue weighted by atomic mass is 9.94. The van der Waals surface area contributed by atoms with Crippen molar-refractivity contribution in [2.24, 2.45) is 5.73 Å². The van der Waals surface area contributed by atoms with Crippen molar-refractivity contribution in [1.82, 2.24) is 5.32 Å². The number of nitrogens with one attached hydrogen (secondary N) is 1. The van der Waals surface area contributed by atoms with Gasteiger partial charge in [-0.25, -0.2) is 0 Å². The largest absolute Gasteiger partial charge is 0.327 e. The van der Waals surface area contributed by atoms with E-state index in [1.54, 1.807) is 0 Å². The topological polar surface area (TPSA) is 38.0 Å². The molecule has 0 saturated heterocycles. The maximum atomic E-state index is 5.73. The van der Waals surface area contributed by atoms with Crippen LogP contribution in [0.1, 0.15) is 34.7 Å². The second kappa shape index (κ2) is 5.46. The summed E-state index contributed by atoms with van der Waals surface area (Å²) in [4.78, 5) is 0. The summed E-state index contributed by atoms with van der Waals surface area (Å²) >= 11 is 0. The first-order valence-electron chi connectivity index (χ1n) is 5.96. The molecule has 0 aliphatic carbocycles. The van der Waals surface area contributed by atoms with E-state index in [0.717, 1.165) is 13.1 Å². The molecule has 2 heteroatoms. The van der Waals surface area contributed by atoms with Crippen LogP contribution in [0.4, 0.5) is 0 Å². The minimum absolute atomic E-state index is 0.214. The van der Waals surface area contributed by atoms with Gasteiger partial charge in [0.1, 0.15) is 0 Å². The fraction of sp³-hybridized carbons (Fsp3) is 0.571. The minimum atomic E-state index is 0.214. The standard InChI is InChI=1S/C14H24N2/c1-9-6-10(2)13(5)14(12(9)4)8-16-7-11(3)15/h6,11,16H,7-8,15H2,1-5H3. The molecule has 0 bridgehead atoms. The van der Waals surface area contributed by atoms with Crippen LogP contribution >= 0.6 is 0 Å². The quantitative estimate of drug-likeness (QED) is 0.817. The molecular formula is C14H24N2. The van der Waals surface area contributed by atoms with E-state index in [1.165, 1.54) is 27.8 Å². The molecule has 0 aliphatic heterocycles. The predicted molar refractivity (Wildman–Crippen MR) is 70.7 cm³/mol. The van der Waals surface area contributed by atoms with E-state index in [9.17, 15) is 0 Å². The summed E-state index contributed by atoms with van der Waals surface area (Å²) in [5.74, 6) is 0. The molecule has 0 spiro atoms. The van der Waals surface area contributed by atoms with Gasteiger partial charge in [-0.15, -0.1) is 0 Å². The first-order chi connectivity index (χ1) is 7.43. The van der Waals surface area contributed by atoms with Gasteiger partial charge in [-0.05, 0) is 62.4 Å². The van der Waals surface area contributed by atoms with Crippen molar-refractivity contribution in [1.29, 1.82) is 0 Å². The highest BCUT2D eigenvalue weighted by atomic mass is 14.9. The van der Waals surface area contributed by atoms with Gasteiger partial charge < -0.3 is 11.1 Å². The Morgan fingerprint density at radius 2 is 1.62 bits per heavy atom. The summed E-state index contributed by atoms with van der Waals surface area (Å²) in [6.45, 7) is 12.6. The molecule has 1 aromatic rings. The molecule has 0 aliphatic rings. The summed E-state index contributed by atoms with van der Waals surface area (Å²) in [5, 5.41) is 3.41. The van der Waals surface area contributed by atoms with Crippen molar-refractivity contribution in [3.05, 3.63) is 33.9 Å². The summed E-state index contributed by atoms with van der Waals surface area (Å²) in [5.41, 5.74) is 12.7. The lowest BCUT2D eigenvalue weighted by molar-refractivity contribution is 0.605. The Balaban J connectivity index is 2.86. The van der Waals surface area contributed by atoms with Crippen LogP contribution in [0, 0.1) is 27.7 Å². The van der Waals surface area contributed by atoms with Gasteiger partial charge in [0.15, 0.2) is 0 Å². The molecule has 0 amide bonds. The maximum absolute atomic E-state index is 5.73. The third kappa shape index (κ3) is 3.06. The fourth-order valence-electron chi connectivity index (χ4n) is 1.99. The number of rotatable bonds is 4. The number of hydrogen-bond acceptors (Lipinski definition) is 2. The van der Waals surface area contributed by atoms with Crippen LogP contribution in [-0.2, 0) is 6.54 Å². The highest BCUT2D eigenvalue weighted by Gasteiger charge is 2.07. The Morgan fingerprint density at radius 1 is 1.12 bits per heavy atom. The summed E-state index contributed by atoms with van der Waals surface area (Å²) in [6, 6.07) is 2.48. The summed E-state index contributed by atoms with van der Waals surface area (Å²) in [6.07, 6.45) is 0. The second-order valence-electron chi connectivity index (χ2n) is 4.85. The highest BCUT2D eigenvalue weighted by molar-refractivity contribution is 5.43. The van der Waals surface area contributed by atoms with Crippen molar-refractivity contribution in [2.75, 3.05) is 6.54 Å². The van der Waals surface area contributed by atoms with Crippen molar-refractivity contribution < 1.29 is 0 Å². The van der Waals surface area contributed by atoms with Gasteiger partial charge in [0.05, 0.1) is 0 Å². The van der Waals surface area contributed by atoms with E-state index in [4.69, 9.17) is 5.73 Å². The zero-order valence-electron chi connectivity index (χ0n) is 11.1. The van der Waals surface area contributed by atoms with Crippen LogP contribution < -0.4 is 11.1 Å². The maximum Gasteiger partial charge on any atom is 0.0211 e. The first kappa shape index (κ1) is 13.2. The molecule has 0 radical (unpaired) electrons. The van der Waals surface area contributed by atoms with Crippen LogP contribution in [0.3, 0.4) is 0 Å². The second-order valence-corrected chi connectivity index (χ2v) is 4.85. The normalized spacial score (nSPS) is 12.9. The third-order valence-electron chi connectivity index (χ3n) is 3.29. The van der Waals surface area contributed by atoms with Crippen molar-refractivity contribution in [2.45, 2.75) is 47.2 Å². The van der Waals surface area contributed by atoms with Gasteiger partial charge in [-0.1, -0.05) is 6.07 Å². The zero-order chi connectivity index (χ0) is 12.3. The molecule has 1 unspecified atom stereocenters. The molecule has 0 saturated carbocycles. The molecule has 16 heavy (non-hydrogen) atoms. The van der Waals surface area contributed by atoms with E-state index in [0.29, 0.717) is 0 Å². The predicted octanol–water partition coefficient (Wildman–Crippen LogP) is 2.36. The molecule has 1 aromatic carbocycles. The fourth-order valence-corrected chi connectivity index (χ4v) is 1.99. The van der Waals surface area contributed by atoms with Gasteiger partial charge in [0.25, 0.3) is 0 Å². The number of aryl methyl sites for hydroxylation is 2. The summed E-state index contributed by atoms with van der Waals surface area (Å²) < 4.78 is 0. The number of hydrogen-bond donors (Lipinski definition) is 2. The lowest BCUT2D eigenvalue weighted by Crippen LogP contribution is -2.31. The van der Waals surface area contributed by atoms with Gasteiger partial charge in [0, 0.05) is 19.1 Å².